The Kier molecular flexibility index (Phi) is 7.70. The van der Waals surface area contributed by atoms with Gasteiger partial charge in [-0.25, -0.2) is 4.39 Å². The number of hydrogen-bond donors (Lipinski definition) is 1. The van der Waals surface area contributed by atoms with Crippen molar-refractivity contribution < 1.29 is 13.9 Å². The maximum absolute atomic E-state index is 12.9. The Morgan fingerprint density at radius 2 is 1.82 bits per heavy atom. The van der Waals surface area contributed by atoms with Crippen molar-refractivity contribution in [2.24, 2.45) is 0 Å². The summed E-state index contributed by atoms with van der Waals surface area (Å²) in [4.78, 5) is 12.2. The molecule has 3 rings (SSSR count). The molecule has 0 unspecified atom stereocenters. The average molecular weight is 436 g/mol. The van der Waals surface area contributed by atoms with Crippen LogP contribution in [0.5, 0.6) is 5.75 Å². The van der Waals surface area contributed by atoms with E-state index in [0.29, 0.717) is 23.8 Å². The molecular formula is C19H18FN3O2S3. The Balaban J connectivity index is 1.47. The fourth-order valence-corrected chi connectivity index (χ4v) is 4.98. The van der Waals surface area contributed by atoms with Crippen LogP contribution in [-0.4, -0.2) is 28.5 Å². The monoisotopic (exact) mass is 435 g/mol. The molecule has 1 heterocycles. The largest absolute Gasteiger partial charge is 0.492 e. The van der Waals surface area contributed by atoms with E-state index in [1.807, 2.05) is 31.2 Å². The molecule has 3 aromatic rings. The molecule has 28 heavy (non-hydrogen) atoms. The summed E-state index contributed by atoms with van der Waals surface area (Å²) in [6.45, 7) is 2.43. The number of hydrogen-bond acceptors (Lipinski definition) is 7. The van der Waals surface area contributed by atoms with Gasteiger partial charge in [0.1, 0.15) is 11.6 Å². The third-order valence-corrected chi connectivity index (χ3v) is 6.71. The molecule has 0 atom stereocenters. The summed E-state index contributed by atoms with van der Waals surface area (Å²) in [6.07, 6.45) is 0. The highest BCUT2D eigenvalue weighted by atomic mass is 32.2. The van der Waals surface area contributed by atoms with Crippen molar-refractivity contribution in [3.8, 4) is 5.75 Å². The molecule has 1 amide bonds. The van der Waals surface area contributed by atoms with Gasteiger partial charge in [-0.1, -0.05) is 59.1 Å². The van der Waals surface area contributed by atoms with Gasteiger partial charge in [0.2, 0.25) is 5.91 Å². The number of nitrogens with one attached hydrogen (secondary N) is 1. The normalized spacial score (nSPS) is 10.6. The predicted octanol–water partition coefficient (Wildman–Crippen LogP) is 5.10. The first-order valence-electron chi connectivity index (χ1n) is 8.49. The number of rotatable bonds is 9. The van der Waals surface area contributed by atoms with Gasteiger partial charge < -0.3 is 10.1 Å². The van der Waals surface area contributed by atoms with E-state index >= 15 is 0 Å². The van der Waals surface area contributed by atoms with Crippen molar-refractivity contribution in [3.63, 3.8) is 0 Å². The molecule has 0 aliphatic heterocycles. The summed E-state index contributed by atoms with van der Waals surface area (Å²) in [5.41, 5.74) is 1.67. The lowest BCUT2D eigenvalue weighted by Crippen LogP contribution is -2.14. The maximum atomic E-state index is 12.9. The lowest BCUT2D eigenvalue weighted by atomic mass is 10.2. The molecule has 0 saturated carbocycles. The van der Waals surface area contributed by atoms with Crippen LogP contribution in [0.4, 0.5) is 10.1 Å². The van der Waals surface area contributed by atoms with E-state index in [2.05, 4.69) is 15.5 Å². The van der Waals surface area contributed by atoms with Gasteiger partial charge in [0.15, 0.2) is 8.68 Å². The molecule has 0 fully saturated rings. The van der Waals surface area contributed by atoms with Crippen LogP contribution < -0.4 is 10.1 Å². The Bertz CT molecular complexity index is 919. The third kappa shape index (κ3) is 6.22. The molecule has 0 saturated heterocycles. The first kappa shape index (κ1) is 20.6. The van der Waals surface area contributed by atoms with E-state index in [0.717, 1.165) is 14.2 Å². The summed E-state index contributed by atoms with van der Waals surface area (Å²) < 4.78 is 20.0. The van der Waals surface area contributed by atoms with Crippen molar-refractivity contribution in [2.45, 2.75) is 21.4 Å². The second-order valence-corrected chi connectivity index (χ2v) is 8.94. The molecule has 0 aliphatic rings. The molecule has 0 radical (unpaired) electrons. The number of carbonyl (C=O) groups excluding carboxylic acids is 1. The predicted molar refractivity (Wildman–Crippen MR) is 113 cm³/mol. The smallest absolute Gasteiger partial charge is 0.234 e. The molecule has 0 spiro atoms. The molecule has 1 N–H and O–H groups in total. The average Bonchev–Trinajstić information content (AvgIpc) is 3.16. The first-order chi connectivity index (χ1) is 13.6. The number of amides is 1. The van der Waals surface area contributed by atoms with Crippen LogP contribution in [0.1, 0.15) is 12.5 Å². The van der Waals surface area contributed by atoms with Gasteiger partial charge in [0, 0.05) is 5.75 Å². The van der Waals surface area contributed by atoms with E-state index in [1.54, 1.807) is 12.1 Å². The van der Waals surface area contributed by atoms with Crippen molar-refractivity contribution >= 4 is 46.5 Å². The highest BCUT2D eigenvalue weighted by Gasteiger charge is 2.11. The van der Waals surface area contributed by atoms with Gasteiger partial charge in [-0.05, 0) is 36.8 Å². The molecule has 146 valence electrons. The molecule has 0 bridgehead atoms. The lowest BCUT2D eigenvalue weighted by Gasteiger charge is -2.10. The van der Waals surface area contributed by atoms with E-state index in [-0.39, 0.29) is 17.5 Å². The zero-order chi connectivity index (χ0) is 19.8. The minimum absolute atomic E-state index is 0.132. The topological polar surface area (TPSA) is 64.1 Å². The number of ether oxygens (including phenoxy) is 1. The standard InChI is InChI=1S/C19H18FN3O2S3/c1-2-25-16-6-4-3-5-15(16)21-17(24)12-27-19-23-22-18(28-19)26-11-13-7-9-14(20)10-8-13/h3-10H,2,11-12H2,1H3,(H,21,24). The number of aromatic nitrogens is 2. The Labute approximate surface area is 175 Å². The van der Waals surface area contributed by atoms with Crippen molar-refractivity contribution in [1.29, 1.82) is 0 Å². The quantitative estimate of drug-likeness (QED) is 0.472. The number of halogens is 1. The number of nitrogens with zero attached hydrogens (tertiary/aromatic N) is 2. The highest BCUT2D eigenvalue weighted by Crippen LogP contribution is 2.31. The van der Waals surface area contributed by atoms with E-state index in [1.165, 1.54) is 47.0 Å². The van der Waals surface area contributed by atoms with E-state index < -0.39 is 0 Å². The maximum Gasteiger partial charge on any atom is 0.234 e. The summed E-state index contributed by atoms with van der Waals surface area (Å²) >= 11 is 4.32. The first-order valence-corrected chi connectivity index (χ1v) is 11.3. The Hall–Kier alpha value is -2.10. The zero-order valence-corrected chi connectivity index (χ0v) is 17.5. The van der Waals surface area contributed by atoms with Crippen LogP contribution in [0.15, 0.2) is 57.2 Å². The van der Waals surface area contributed by atoms with Crippen LogP contribution in [0.25, 0.3) is 0 Å². The van der Waals surface area contributed by atoms with Crippen molar-refractivity contribution in [1.82, 2.24) is 10.2 Å². The Morgan fingerprint density at radius 1 is 1.11 bits per heavy atom. The van der Waals surface area contributed by atoms with Gasteiger partial charge in [0.05, 0.1) is 18.0 Å². The fraction of sp³-hybridized carbons (Fsp3) is 0.211. The fourth-order valence-electron chi connectivity index (χ4n) is 2.20. The summed E-state index contributed by atoms with van der Waals surface area (Å²) in [7, 11) is 0. The minimum Gasteiger partial charge on any atom is -0.492 e. The van der Waals surface area contributed by atoms with Crippen LogP contribution in [0, 0.1) is 5.82 Å². The van der Waals surface area contributed by atoms with Gasteiger partial charge in [0.25, 0.3) is 0 Å². The number of carbonyl (C=O) groups is 1. The van der Waals surface area contributed by atoms with E-state index in [4.69, 9.17) is 4.74 Å². The number of anilines is 1. The molecule has 2 aromatic carbocycles. The second-order valence-electron chi connectivity index (χ2n) is 5.52. The number of thioether (sulfide) groups is 2. The molecule has 1 aromatic heterocycles. The van der Waals surface area contributed by atoms with Gasteiger partial charge in [-0.15, -0.1) is 10.2 Å². The summed E-state index contributed by atoms with van der Waals surface area (Å²) in [6, 6.07) is 13.7. The minimum atomic E-state index is -0.245. The van der Waals surface area contributed by atoms with Crippen LogP contribution in [-0.2, 0) is 10.5 Å². The SMILES string of the molecule is CCOc1ccccc1NC(=O)CSc1nnc(SCc2ccc(F)cc2)s1. The van der Waals surface area contributed by atoms with Crippen molar-refractivity contribution in [2.75, 3.05) is 17.7 Å². The number of para-hydroxylation sites is 2. The zero-order valence-electron chi connectivity index (χ0n) is 15.1. The van der Waals surface area contributed by atoms with Gasteiger partial charge in [-0.2, -0.15) is 0 Å². The Morgan fingerprint density at radius 3 is 2.57 bits per heavy atom. The third-order valence-electron chi connectivity index (χ3n) is 3.45. The number of benzene rings is 2. The molecular weight excluding hydrogens is 417 g/mol. The van der Waals surface area contributed by atoms with Gasteiger partial charge in [-0.3, -0.25) is 4.79 Å². The highest BCUT2D eigenvalue weighted by molar-refractivity contribution is 8.03. The van der Waals surface area contributed by atoms with Crippen LogP contribution >= 0.6 is 34.9 Å². The summed E-state index contributed by atoms with van der Waals surface area (Å²) in [5.74, 6) is 1.20. The molecule has 5 nitrogen and oxygen atoms in total. The molecule has 9 heteroatoms. The lowest BCUT2D eigenvalue weighted by molar-refractivity contribution is -0.113. The molecule has 0 aliphatic carbocycles. The van der Waals surface area contributed by atoms with E-state index in [9.17, 15) is 9.18 Å². The van der Waals surface area contributed by atoms with Crippen LogP contribution in [0.3, 0.4) is 0 Å². The van der Waals surface area contributed by atoms with Crippen LogP contribution in [0.2, 0.25) is 0 Å². The summed E-state index contributed by atoms with van der Waals surface area (Å²) in [5, 5.41) is 11.1. The van der Waals surface area contributed by atoms with Crippen molar-refractivity contribution in [3.05, 3.63) is 59.9 Å². The second kappa shape index (κ2) is 10.4. The van der Waals surface area contributed by atoms with Gasteiger partial charge >= 0.3 is 0 Å².